The van der Waals surface area contributed by atoms with Crippen molar-refractivity contribution in [3.63, 3.8) is 0 Å². The second kappa shape index (κ2) is 6.05. The van der Waals surface area contributed by atoms with Gasteiger partial charge in [0.1, 0.15) is 0 Å². The van der Waals surface area contributed by atoms with Crippen molar-refractivity contribution in [3.8, 4) is 0 Å². The smallest absolute Gasteiger partial charge is 0.230 e. The average Bonchev–Trinajstić information content (AvgIpc) is 2.43. The van der Waals surface area contributed by atoms with Crippen molar-refractivity contribution in [1.82, 2.24) is 4.90 Å². The highest BCUT2D eigenvalue weighted by Crippen LogP contribution is 2.32. The van der Waals surface area contributed by atoms with E-state index in [1.165, 1.54) is 11.1 Å². The van der Waals surface area contributed by atoms with E-state index in [-0.39, 0.29) is 11.8 Å². The third-order valence-corrected chi connectivity index (χ3v) is 3.82. The molecule has 1 unspecified atom stereocenters. The van der Waals surface area contributed by atoms with Gasteiger partial charge in [0.15, 0.2) is 0 Å². The number of rotatable bonds is 4. The molecule has 0 saturated heterocycles. The summed E-state index contributed by atoms with van der Waals surface area (Å²) in [6, 6.07) is 8.38. The van der Waals surface area contributed by atoms with Crippen molar-refractivity contribution < 1.29 is 4.79 Å². The minimum atomic E-state index is 0.0456. The van der Waals surface area contributed by atoms with E-state index in [4.69, 9.17) is 0 Å². The minimum absolute atomic E-state index is 0.0456. The zero-order chi connectivity index (χ0) is 13.8. The van der Waals surface area contributed by atoms with E-state index in [0.717, 1.165) is 31.4 Å². The SMILES string of the molecule is C=C(C)CN(CC)C(=O)C1CCCc2ccccc21. The van der Waals surface area contributed by atoms with Crippen LogP contribution in [-0.2, 0) is 11.2 Å². The lowest BCUT2D eigenvalue weighted by Crippen LogP contribution is -2.37. The van der Waals surface area contributed by atoms with Crippen LogP contribution in [0.5, 0.6) is 0 Å². The third-order valence-electron chi connectivity index (χ3n) is 3.82. The van der Waals surface area contributed by atoms with Gasteiger partial charge in [0.2, 0.25) is 5.91 Å². The third kappa shape index (κ3) is 3.06. The summed E-state index contributed by atoms with van der Waals surface area (Å²) in [6.07, 6.45) is 3.19. The van der Waals surface area contributed by atoms with Crippen LogP contribution in [0.2, 0.25) is 0 Å². The van der Waals surface area contributed by atoms with Gasteiger partial charge >= 0.3 is 0 Å². The predicted octanol–water partition coefficient (Wildman–Crippen LogP) is 3.53. The number of hydrogen-bond acceptors (Lipinski definition) is 1. The van der Waals surface area contributed by atoms with Crippen molar-refractivity contribution >= 4 is 5.91 Å². The van der Waals surface area contributed by atoms with E-state index in [2.05, 4.69) is 24.8 Å². The highest BCUT2D eigenvalue weighted by Gasteiger charge is 2.29. The lowest BCUT2D eigenvalue weighted by atomic mass is 9.82. The lowest BCUT2D eigenvalue weighted by molar-refractivity contribution is -0.132. The molecule has 102 valence electrons. The van der Waals surface area contributed by atoms with Crippen LogP contribution in [0, 0.1) is 0 Å². The Kier molecular flexibility index (Phi) is 4.41. The van der Waals surface area contributed by atoms with Gasteiger partial charge in [-0.1, -0.05) is 36.4 Å². The van der Waals surface area contributed by atoms with E-state index < -0.39 is 0 Å². The maximum atomic E-state index is 12.7. The van der Waals surface area contributed by atoms with Gasteiger partial charge in [0, 0.05) is 13.1 Å². The van der Waals surface area contributed by atoms with Crippen molar-refractivity contribution in [2.24, 2.45) is 0 Å². The molecule has 0 bridgehead atoms. The van der Waals surface area contributed by atoms with Crippen molar-refractivity contribution in [2.75, 3.05) is 13.1 Å². The number of hydrogen-bond donors (Lipinski definition) is 0. The number of benzene rings is 1. The van der Waals surface area contributed by atoms with Crippen LogP contribution < -0.4 is 0 Å². The van der Waals surface area contributed by atoms with Crippen molar-refractivity contribution in [2.45, 2.75) is 39.0 Å². The lowest BCUT2D eigenvalue weighted by Gasteiger charge is -2.30. The van der Waals surface area contributed by atoms with Crippen molar-refractivity contribution in [1.29, 1.82) is 0 Å². The summed E-state index contributed by atoms with van der Waals surface area (Å²) in [5, 5.41) is 0. The molecular formula is C17H23NO. The molecule has 2 rings (SSSR count). The van der Waals surface area contributed by atoms with E-state index in [1.54, 1.807) is 0 Å². The summed E-state index contributed by atoms with van der Waals surface area (Å²) in [5.41, 5.74) is 3.62. The van der Waals surface area contributed by atoms with Crippen LogP contribution in [0.3, 0.4) is 0 Å². The molecule has 1 atom stereocenters. The summed E-state index contributed by atoms with van der Waals surface area (Å²) < 4.78 is 0. The molecule has 0 aliphatic heterocycles. The highest BCUT2D eigenvalue weighted by atomic mass is 16.2. The van der Waals surface area contributed by atoms with Crippen LogP contribution in [0.15, 0.2) is 36.4 Å². The molecule has 1 aliphatic carbocycles. The van der Waals surface area contributed by atoms with Crippen LogP contribution in [0.1, 0.15) is 43.7 Å². The molecule has 0 heterocycles. The van der Waals surface area contributed by atoms with Crippen LogP contribution in [-0.4, -0.2) is 23.9 Å². The number of nitrogens with zero attached hydrogens (tertiary/aromatic N) is 1. The van der Waals surface area contributed by atoms with Crippen molar-refractivity contribution in [3.05, 3.63) is 47.5 Å². The predicted molar refractivity (Wildman–Crippen MR) is 79.2 cm³/mol. The van der Waals surface area contributed by atoms with Gasteiger partial charge in [0.05, 0.1) is 5.92 Å². The van der Waals surface area contributed by atoms with E-state index in [1.807, 2.05) is 24.8 Å². The second-order valence-electron chi connectivity index (χ2n) is 5.45. The van der Waals surface area contributed by atoms with Gasteiger partial charge in [-0.3, -0.25) is 4.79 Å². The molecule has 0 fully saturated rings. The van der Waals surface area contributed by atoms with Gasteiger partial charge in [-0.25, -0.2) is 0 Å². The van der Waals surface area contributed by atoms with Gasteiger partial charge in [0.25, 0.3) is 0 Å². The summed E-state index contributed by atoms with van der Waals surface area (Å²) in [6.45, 7) is 9.36. The molecule has 0 N–H and O–H groups in total. The first-order valence-corrected chi connectivity index (χ1v) is 7.14. The Morgan fingerprint density at radius 1 is 1.42 bits per heavy atom. The molecular weight excluding hydrogens is 234 g/mol. The quantitative estimate of drug-likeness (QED) is 0.756. The topological polar surface area (TPSA) is 20.3 Å². The first-order chi connectivity index (χ1) is 9.13. The van der Waals surface area contributed by atoms with E-state index >= 15 is 0 Å². The van der Waals surface area contributed by atoms with Gasteiger partial charge in [-0.15, -0.1) is 0 Å². The van der Waals surface area contributed by atoms with Crippen LogP contribution in [0.25, 0.3) is 0 Å². The Morgan fingerprint density at radius 3 is 2.84 bits per heavy atom. The largest absolute Gasteiger partial charge is 0.338 e. The average molecular weight is 257 g/mol. The first kappa shape index (κ1) is 13.9. The summed E-state index contributed by atoms with van der Waals surface area (Å²) in [7, 11) is 0. The van der Waals surface area contributed by atoms with Crippen LogP contribution in [0.4, 0.5) is 0 Å². The number of aryl methyl sites for hydroxylation is 1. The summed E-state index contributed by atoms with van der Waals surface area (Å²) in [5.74, 6) is 0.307. The van der Waals surface area contributed by atoms with Gasteiger partial charge < -0.3 is 4.90 Å². The number of likely N-dealkylation sites (N-methyl/N-ethyl adjacent to an activating group) is 1. The fourth-order valence-electron chi connectivity index (χ4n) is 2.90. The summed E-state index contributed by atoms with van der Waals surface area (Å²) in [4.78, 5) is 14.6. The molecule has 0 aromatic heterocycles. The summed E-state index contributed by atoms with van der Waals surface area (Å²) >= 11 is 0. The molecule has 1 aromatic carbocycles. The fourth-order valence-corrected chi connectivity index (χ4v) is 2.90. The molecule has 0 radical (unpaired) electrons. The number of amides is 1. The Bertz CT molecular complexity index is 478. The molecule has 19 heavy (non-hydrogen) atoms. The molecule has 0 spiro atoms. The Labute approximate surface area is 116 Å². The maximum absolute atomic E-state index is 12.7. The maximum Gasteiger partial charge on any atom is 0.230 e. The molecule has 1 aromatic rings. The molecule has 2 nitrogen and oxygen atoms in total. The highest BCUT2D eigenvalue weighted by molar-refractivity contribution is 5.84. The van der Waals surface area contributed by atoms with Gasteiger partial charge in [-0.05, 0) is 44.2 Å². The number of fused-ring (bicyclic) bond motifs is 1. The monoisotopic (exact) mass is 257 g/mol. The fraction of sp³-hybridized carbons (Fsp3) is 0.471. The normalized spacial score (nSPS) is 17.7. The Morgan fingerprint density at radius 2 is 2.16 bits per heavy atom. The minimum Gasteiger partial charge on any atom is -0.338 e. The zero-order valence-corrected chi connectivity index (χ0v) is 12.0. The van der Waals surface area contributed by atoms with Crippen LogP contribution >= 0.6 is 0 Å². The number of carbonyl (C=O) groups excluding carboxylic acids is 1. The number of carbonyl (C=O) groups is 1. The van der Waals surface area contributed by atoms with E-state index in [0.29, 0.717) is 6.54 Å². The standard InChI is InChI=1S/C17H23NO/c1-4-18(12-13(2)3)17(19)16-11-7-9-14-8-5-6-10-15(14)16/h5-6,8,10,16H,2,4,7,9,11-12H2,1,3H3. The van der Waals surface area contributed by atoms with Gasteiger partial charge in [-0.2, -0.15) is 0 Å². The Balaban J connectivity index is 2.22. The molecule has 2 heteroatoms. The molecule has 1 amide bonds. The molecule has 0 saturated carbocycles. The Hall–Kier alpha value is -1.57. The molecule has 1 aliphatic rings. The van der Waals surface area contributed by atoms with E-state index in [9.17, 15) is 4.79 Å². The second-order valence-corrected chi connectivity index (χ2v) is 5.45. The zero-order valence-electron chi connectivity index (χ0n) is 12.0. The first-order valence-electron chi connectivity index (χ1n) is 7.14.